The van der Waals surface area contributed by atoms with Crippen LogP contribution in [0.2, 0.25) is 0 Å². The molecule has 0 aliphatic rings. The first kappa shape index (κ1) is 16.7. The molecule has 0 aliphatic heterocycles. The zero-order valence-electron chi connectivity index (χ0n) is 12.7. The van der Waals surface area contributed by atoms with Gasteiger partial charge in [-0.1, -0.05) is 19.9 Å². The minimum Gasteiger partial charge on any atom is -0.357 e. The van der Waals surface area contributed by atoms with E-state index in [1.807, 2.05) is 26.8 Å². The van der Waals surface area contributed by atoms with Gasteiger partial charge in [0.05, 0.1) is 5.69 Å². The predicted molar refractivity (Wildman–Crippen MR) is 82.0 cm³/mol. The van der Waals surface area contributed by atoms with Crippen molar-refractivity contribution < 1.29 is 13.2 Å². The van der Waals surface area contributed by atoms with Crippen molar-refractivity contribution in [1.82, 2.24) is 14.8 Å². The molecule has 2 rings (SSSR count). The van der Waals surface area contributed by atoms with Gasteiger partial charge in [0.1, 0.15) is 0 Å². The van der Waals surface area contributed by atoms with Gasteiger partial charge in [-0.05, 0) is 30.0 Å². The molecule has 0 aliphatic carbocycles. The third-order valence-electron chi connectivity index (χ3n) is 3.28. The molecule has 0 atom stereocenters. The Morgan fingerprint density at radius 1 is 1.27 bits per heavy atom. The van der Waals surface area contributed by atoms with E-state index in [1.165, 1.54) is 11.7 Å². The number of aromatic nitrogens is 3. The van der Waals surface area contributed by atoms with Gasteiger partial charge in [-0.2, -0.15) is 22.8 Å². The van der Waals surface area contributed by atoms with Gasteiger partial charge in [0.15, 0.2) is 0 Å². The third kappa shape index (κ3) is 3.06. The summed E-state index contributed by atoms with van der Waals surface area (Å²) in [4.78, 5) is 4.21. The molecule has 1 heterocycles. The third-order valence-corrected chi connectivity index (χ3v) is 3.76. The second-order valence-electron chi connectivity index (χ2n) is 5.27. The number of nitrogens with one attached hydrogen (secondary N) is 1. The van der Waals surface area contributed by atoms with E-state index in [0.29, 0.717) is 10.6 Å². The highest BCUT2D eigenvalue weighted by Crippen LogP contribution is 2.32. The maximum atomic E-state index is 12.9. The van der Waals surface area contributed by atoms with Gasteiger partial charge in [-0.3, -0.25) is 0 Å². The van der Waals surface area contributed by atoms with Crippen LogP contribution in [0.3, 0.4) is 0 Å². The minimum atomic E-state index is -4.59. The van der Waals surface area contributed by atoms with Gasteiger partial charge >= 0.3 is 6.18 Å². The molecule has 120 valence electrons. The van der Waals surface area contributed by atoms with Gasteiger partial charge in [0.25, 0.3) is 5.82 Å². The largest absolute Gasteiger partial charge is 0.453 e. The summed E-state index contributed by atoms with van der Waals surface area (Å²) in [6.45, 7) is 5.84. The number of anilines is 1. The summed E-state index contributed by atoms with van der Waals surface area (Å²) < 4.78 is 39.7. The highest BCUT2D eigenvalue weighted by atomic mass is 32.1. The van der Waals surface area contributed by atoms with Crippen LogP contribution in [-0.2, 0) is 6.18 Å². The molecule has 4 nitrogen and oxygen atoms in total. The number of nitrogens with zero attached hydrogens (tertiary/aromatic N) is 3. The lowest BCUT2D eigenvalue weighted by atomic mass is 9.99. The highest BCUT2D eigenvalue weighted by molar-refractivity contribution is 7.80. The summed E-state index contributed by atoms with van der Waals surface area (Å²) >= 11 is 4.36. The summed E-state index contributed by atoms with van der Waals surface area (Å²) in [7, 11) is 1.51. The van der Waals surface area contributed by atoms with Crippen LogP contribution in [0.25, 0.3) is 5.69 Å². The van der Waals surface area contributed by atoms with Crippen molar-refractivity contribution in [2.45, 2.75) is 37.8 Å². The molecule has 0 bridgehead atoms. The Bertz CT molecular complexity index is 692. The van der Waals surface area contributed by atoms with Crippen LogP contribution in [0.5, 0.6) is 0 Å². The Kier molecular flexibility index (Phi) is 4.42. The number of hydrogen-bond donors (Lipinski definition) is 2. The normalized spacial score (nSPS) is 12.0. The van der Waals surface area contributed by atoms with Gasteiger partial charge in [0.2, 0.25) is 5.95 Å². The molecule has 0 fully saturated rings. The summed E-state index contributed by atoms with van der Waals surface area (Å²) in [5.41, 5.74) is 2.38. The van der Waals surface area contributed by atoms with Crippen molar-refractivity contribution in [2.24, 2.45) is 0 Å². The maximum Gasteiger partial charge on any atom is 0.453 e. The lowest BCUT2D eigenvalue weighted by molar-refractivity contribution is -0.144. The molecule has 0 radical (unpaired) electrons. The first-order valence-electron chi connectivity index (χ1n) is 6.71. The molecule has 22 heavy (non-hydrogen) atoms. The molecular formula is C14H17F3N4S. The Morgan fingerprint density at radius 3 is 2.41 bits per heavy atom. The van der Waals surface area contributed by atoms with Crippen molar-refractivity contribution in [1.29, 1.82) is 0 Å². The van der Waals surface area contributed by atoms with Gasteiger partial charge in [-0.15, -0.1) is 17.7 Å². The fraction of sp³-hybridized carbons (Fsp3) is 0.429. The Hall–Kier alpha value is -1.70. The first-order chi connectivity index (χ1) is 10.1. The molecule has 0 unspecified atom stereocenters. The van der Waals surface area contributed by atoms with E-state index in [9.17, 15) is 13.2 Å². The number of aryl methyl sites for hydroxylation is 1. The van der Waals surface area contributed by atoms with Crippen LogP contribution in [-0.4, -0.2) is 21.8 Å². The number of benzene rings is 1. The van der Waals surface area contributed by atoms with Crippen LogP contribution in [0.4, 0.5) is 19.1 Å². The number of thiol groups is 1. The second-order valence-corrected chi connectivity index (χ2v) is 5.75. The number of halogens is 3. The zero-order chi connectivity index (χ0) is 16.7. The Balaban J connectivity index is 2.70. The van der Waals surface area contributed by atoms with Crippen molar-refractivity contribution in [3.05, 3.63) is 29.1 Å². The fourth-order valence-corrected chi connectivity index (χ4v) is 2.30. The maximum absolute atomic E-state index is 12.9. The lowest BCUT2D eigenvalue weighted by Gasteiger charge is -2.16. The van der Waals surface area contributed by atoms with Crippen LogP contribution in [0.15, 0.2) is 17.0 Å². The number of rotatable bonds is 3. The van der Waals surface area contributed by atoms with E-state index in [0.717, 1.165) is 11.1 Å². The molecule has 8 heteroatoms. The van der Waals surface area contributed by atoms with Crippen LogP contribution in [0, 0.1) is 6.92 Å². The minimum absolute atomic E-state index is 0.0332. The molecule has 1 aromatic carbocycles. The Morgan fingerprint density at radius 2 is 1.91 bits per heavy atom. The average molecular weight is 330 g/mol. The molecule has 0 saturated carbocycles. The quantitative estimate of drug-likeness (QED) is 0.835. The molecule has 0 spiro atoms. The number of alkyl halides is 3. The number of hydrogen-bond acceptors (Lipinski definition) is 4. The molecular weight excluding hydrogens is 313 g/mol. The van der Waals surface area contributed by atoms with Gasteiger partial charge < -0.3 is 5.32 Å². The van der Waals surface area contributed by atoms with E-state index in [-0.39, 0.29) is 11.9 Å². The predicted octanol–water partition coefficient (Wildman–Crippen LogP) is 4.05. The van der Waals surface area contributed by atoms with E-state index in [2.05, 4.69) is 28.0 Å². The van der Waals surface area contributed by atoms with E-state index in [4.69, 9.17) is 0 Å². The highest BCUT2D eigenvalue weighted by Gasteiger charge is 2.37. The topological polar surface area (TPSA) is 42.7 Å². The summed E-state index contributed by atoms with van der Waals surface area (Å²) in [5, 5.41) is 6.27. The van der Waals surface area contributed by atoms with Crippen LogP contribution < -0.4 is 5.32 Å². The monoisotopic (exact) mass is 330 g/mol. The van der Waals surface area contributed by atoms with Crippen molar-refractivity contribution in [2.75, 3.05) is 12.4 Å². The lowest BCUT2D eigenvalue weighted by Crippen LogP contribution is -2.10. The summed E-state index contributed by atoms with van der Waals surface area (Å²) in [6.07, 6.45) is -4.59. The molecule has 0 saturated heterocycles. The van der Waals surface area contributed by atoms with Gasteiger partial charge in [-0.25, -0.2) is 0 Å². The van der Waals surface area contributed by atoms with Crippen molar-refractivity contribution in [3.8, 4) is 5.69 Å². The SMILES string of the molecule is CNc1nc(C(F)(F)F)nn1-c1cc(S)c(C)cc1C(C)C. The Labute approximate surface area is 132 Å². The molecule has 1 N–H and O–H groups in total. The zero-order valence-corrected chi connectivity index (χ0v) is 13.5. The summed E-state index contributed by atoms with van der Waals surface area (Å²) in [6, 6.07) is 3.63. The average Bonchev–Trinajstić information content (AvgIpc) is 2.85. The van der Waals surface area contributed by atoms with Crippen molar-refractivity contribution >= 4 is 18.6 Å². The molecule has 1 aromatic heterocycles. The first-order valence-corrected chi connectivity index (χ1v) is 7.15. The standard InChI is InChI=1S/C14H17F3N4S/c1-7(2)9-5-8(3)11(22)6-10(9)21-13(18-4)19-12(20-21)14(15,16)17/h5-7,22H,1-4H3,(H,18,19,20). The fourth-order valence-electron chi connectivity index (χ4n) is 2.12. The smallest absolute Gasteiger partial charge is 0.357 e. The van der Waals surface area contributed by atoms with Gasteiger partial charge in [0, 0.05) is 11.9 Å². The second kappa shape index (κ2) is 5.83. The van der Waals surface area contributed by atoms with Crippen LogP contribution >= 0.6 is 12.6 Å². The van der Waals surface area contributed by atoms with E-state index >= 15 is 0 Å². The van der Waals surface area contributed by atoms with Crippen LogP contribution in [0.1, 0.15) is 36.7 Å². The van der Waals surface area contributed by atoms with Crippen molar-refractivity contribution in [3.63, 3.8) is 0 Å². The summed E-state index contributed by atoms with van der Waals surface area (Å²) in [5.74, 6) is -1.02. The molecule has 0 amide bonds. The molecule has 2 aromatic rings. The van der Waals surface area contributed by atoms with E-state index in [1.54, 1.807) is 6.07 Å². The van der Waals surface area contributed by atoms with E-state index < -0.39 is 12.0 Å².